The molecule has 18 heavy (non-hydrogen) atoms. The van der Waals surface area contributed by atoms with Gasteiger partial charge in [-0.1, -0.05) is 25.1 Å². The second-order valence-electron chi connectivity index (χ2n) is 5.83. The van der Waals surface area contributed by atoms with Crippen LogP contribution in [0.5, 0.6) is 0 Å². The molecule has 2 nitrogen and oxygen atoms in total. The molecule has 0 aliphatic heterocycles. The minimum absolute atomic E-state index is 0.252. The number of fused-ring (bicyclic) bond motifs is 1. The lowest BCUT2D eigenvalue weighted by atomic mass is 9.78. The average Bonchev–Trinajstić information content (AvgIpc) is 2.77. The minimum atomic E-state index is 0.252. The zero-order valence-electron chi connectivity index (χ0n) is 11.1. The molecule has 2 N–H and O–H groups in total. The number of benzene rings is 1. The highest BCUT2D eigenvalue weighted by atomic mass is 16.3. The molecule has 3 unspecified atom stereocenters. The minimum Gasteiger partial charge on any atom is -0.460 e. The largest absolute Gasteiger partial charge is 0.460 e. The van der Waals surface area contributed by atoms with Gasteiger partial charge in [0, 0.05) is 17.3 Å². The van der Waals surface area contributed by atoms with Crippen molar-refractivity contribution in [3.8, 4) is 0 Å². The highest BCUT2D eigenvalue weighted by Crippen LogP contribution is 2.38. The van der Waals surface area contributed by atoms with Crippen molar-refractivity contribution in [2.45, 2.75) is 45.1 Å². The van der Waals surface area contributed by atoms with E-state index in [0.717, 1.165) is 30.1 Å². The molecular weight excluding hydrogens is 222 g/mol. The van der Waals surface area contributed by atoms with E-state index < -0.39 is 0 Å². The van der Waals surface area contributed by atoms with Crippen molar-refractivity contribution in [3.05, 3.63) is 35.6 Å². The van der Waals surface area contributed by atoms with Gasteiger partial charge in [0.1, 0.15) is 11.3 Å². The first-order valence-electron chi connectivity index (χ1n) is 6.90. The third-order valence-electron chi connectivity index (χ3n) is 4.29. The standard InChI is InChI=1S/C16H21NO/c1-10-6-7-14(17)13(8-10)15-9-12-5-3-4-11(2)16(12)18-15/h3-5,9-10,13-14H,6-8,17H2,1-2H3. The van der Waals surface area contributed by atoms with Gasteiger partial charge in [0.05, 0.1) is 0 Å². The average molecular weight is 243 g/mol. The Hall–Kier alpha value is -1.28. The molecule has 1 aliphatic rings. The predicted molar refractivity (Wildman–Crippen MR) is 74.7 cm³/mol. The van der Waals surface area contributed by atoms with Crippen molar-refractivity contribution in [1.29, 1.82) is 0 Å². The first-order chi connectivity index (χ1) is 8.65. The van der Waals surface area contributed by atoms with E-state index in [0.29, 0.717) is 5.92 Å². The van der Waals surface area contributed by atoms with Crippen molar-refractivity contribution in [3.63, 3.8) is 0 Å². The summed E-state index contributed by atoms with van der Waals surface area (Å²) < 4.78 is 6.08. The van der Waals surface area contributed by atoms with Gasteiger partial charge >= 0.3 is 0 Å². The number of hydrogen-bond acceptors (Lipinski definition) is 2. The van der Waals surface area contributed by atoms with Gasteiger partial charge in [-0.2, -0.15) is 0 Å². The normalized spacial score (nSPS) is 28.7. The van der Waals surface area contributed by atoms with E-state index in [4.69, 9.17) is 10.2 Å². The van der Waals surface area contributed by atoms with Gasteiger partial charge < -0.3 is 10.2 Å². The van der Waals surface area contributed by atoms with Crippen LogP contribution in [0.3, 0.4) is 0 Å². The van der Waals surface area contributed by atoms with Crippen LogP contribution in [0.2, 0.25) is 0 Å². The van der Waals surface area contributed by atoms with Crippen LogP contribution in [0, 0.1) is 12.8 Å². The molecule has 3 atom stereocenters. The van der Waals surface area contributed by atoms with Gasteiger partial charge in [-0.25, -0.2) is 0 Å². The Morgan fingerprint density at radius 1 is 1.28 bits per heavy atom. The van der Waals surface area contributed by atoms with Crippen LogP contribution in [-0.2, 0) is 0 Å². The van der Waals surface area contributed by atoms with Crippen molar-refractivity contribution < 1.29 is 4.42 Å². The number of rotatable bonds is 1. The zero-order valence-corrected chi connectivity index (χ0v) is 11.1. The summed E-state index contributed by atoms with van der Waals surface area (Å²) in [6.45, 7) is 4.41. The van der Waals surface area contributed by atoms with Gasteiger partial charge in [-0.3, -0.25) is 0 Å². The highest BCUT2D eigenvalue weighted by molar-refractivity contribution is 5.81. The number of aryl methyl sites for hydroxylation is 1. The van der Waals surface area contributed by atoms with Crippen molar-refractivity contribution >= 4 is 11.0 Å². The smallest absolute Gasteiger partial charge is 0.137 e. The lowest BCUT2D eigenvalue weighted by molar-refractivity contribution is 0.280. The predicted octanol–water partition coefficient (Wildman–Crippen LogP) is 3.97. The second kappa shape index (κ2) is 4.43. The van der Waals surface area contributed by atoms with Crippen LogP contribution in [-0.4, -0.2) is 6.04 Å². The van der Waals surface area contributed by atoms with E-state index in [1.165, 1.54) is 17.4 Å². The molecule has 3 rings (SSSR count). The fourth-order valence-electron chi connectivity index (χ4n) is 3.14. The van der Waals surface area contributed by atoms with Crippen molar-refractivity contribution in [1.82, 2.24) is 0 Å². The molecule has 96 valence electrons. The summed E-state index contributed by atoms with van der Waals surface area (Å²) in [5.41, 5.74) is 8.50. The molecule has 2 aromatic rings. The second-order valence-corrected chi connectivity index (χ2v) is 5.83. The summed E-state index contributed by atoms with van der Waals surface area (Å²) in [5.74, 6) is 2.23. The first kappa shape index (κ1) is 11.8. The van der Waals surface area contributed by atoms with Crippen LogP contribution in [0.15, 0.2) is 28.7 Å². The summed E-state index contributed by atoms with van der Waals surface area (Å²) in [4.78, 5) is 0. The summed E-state index contributed by atoms with van der Waals surface area (Å²) in [5, 5.41) is 1.20. The Morgan fingerprint density at radius 3 is 2.89 bits per heavy atom. The Kier molecular flexibility index (Phi) is 2.90. The van der Waals surface area contributed by atoms with E-state index in [1.807, 2.05) is 0 Å². The molecule has 0 amide bonds. The third-order valence-corrected chi connectivity index (χ3v) is 4.29. The molecule has 1 saturated carbocycles. The quantitative estimate of drug-likeness (QED) is 0.823. The SMILES string of the molecule is Cc1cccc2cc(C3CC(C)CCC3N)oc12. The number of para-hydroxylation sites is 1. The van der Waals surface area contributed by atoms with Crippen LogP contribution in [0.1, 0.15) is 43.4 Å². The maximum absolute atomic E-state index is 6.27. The molecule has 0 spiro atoms. The van der Waals surface area contributed by atoms with Crippen molar-refractivity contribution in [2.24, 2.45) is 11.7 Å². The first-order valence-corrected chi connectivity index (χ1v) is 6.90. The van der Waals surface area contributed by atoms with E-state index >= 15 is 0 Å². The van der Waals surface area contributed by atoms with Crippen LogP contribution in [0.4, 0.5) is 0 Å². The molecule has 1 fully saturated rings. The third kappa shape index (κ3) is 1.95. The molecule has 1 heterocycles. The van der Waals surface area contributed by atoms with Gasteiger partial charge in [0.2, 0.25) is 0 Å². The van der Waals surface area contributed by atoms with Crippen LogP contribution < -0.4 is 5.73 Å². The Bertz CT molecular complexity index is 557. The van der Waals surface area contributed by atoms with E-state index in [2.05, 4.69) is 38.1 Å². The number of nitrogens with two attached hydrogens (primary N) is 1. The highest BCUT2D eigenvalue weighted by Gasteiger charge is 2.29. The van der Waals surface area contributed by atoms with Crippen LogP contribution >= 0.6 is 0 Å². The number of hydrogen-bond donors (Lipinski definition) is 1. The van der Waals surface area contributed by atoms with E-state index in [1.54, 1.807) is 0 Å². The lowest BCUT2D eigenvalue weighted by Crippen LogP contribution is -2.33. The van der Waals surface area contributed by atoms with Crippen LogP contribution in [0.25, 0.3) is 11.0 Å². The summed E-state index contributed by atoms with van der Waals surface area (Å²) in [7, 11) is 0. The molecule has 0 bridgehead atoms. The molecule has 2 heteroatoms. The van der Waals surface area contributed by atoms with E-state index in [-0.39, 0.29) is 6.04 Å². The molecule has 1 aliphatic carbocycles. The summed E-state index contributed by atoms with van der Waals surface area (Å²) in [6, 6.07) is 8.74. The molecule has 1 aromatic carbocycles. The Morgan fingerprint density at radius 2 is 2.11 bits per heavy atom. The fraction of sp³-hybridized carbons (Fsp3) is 0.500. The summed E-state index contributed by atoms with van der Waals surface area (Å²) >= 11 is 0. The fourth-order valence-corrected chi connectivity index (χ4v) is 3.14. The van der Waals surface area contributed by atoms with Gasteiger partial charge in [-0.05, 0) is 43.7 Å². The van der Waals surface area contributed by atoms with Gasteiger partial charge in [0.25, 0.3) is 0 Å². The Balaban J connectivity index is 2.00. The number of furan rings is 1. The maximum atomic E-state index is 6.27. The zero-order chi connectivity index (χ0) is 12.7. The monoisotopic (exact) mass is 243 g/mol. The summed E-state index contributed by atoms with van der Waals surface area (Å²) in [6.07, 6.45) is 3.51. The molecule has 0 saturated heterocycles. The van der Waals surface area contributed by atoms with Gasteiger partial charge in [-0.15, -0.1) is 0 Å². The Labute approximate surface area is 108 Å². The maximum Gasteiger partial charge on any atom is 0.137 e. The van der Waals surface area contributed by atoms with Crippen molar-refractivity contribution in [2.75, 3.05) is 0 Å². The molecule has 1 aromatic heterocycles. The van der Waals surface area contributed by atoms with E-state index in [9.17, 15) is 0 Å². The molecular formula is C16H21NO. The molecule has 0 radical (unpaired) electrons. The lowest BCUT2D eigenvalue weighted by Gasteiger charge is -2.31. The topological polar surface area (TPSA) is 39.2 Å². The van der Waals surface area contributed by atoms with Gasteiger partial charge in [0.15, 0.2) is 0 Å².